The van der Waals surface area contributed by atoms with E-state index in [1.807, 2.05) is 0 Å². The highest BCUT2D eigenvalue weighted by molar-refractivity contribution is 6.74. The van der Waals surface area contributed by atoms with Gasteiger partial charge in [-0.1, -0.05) is 103 Å². The first-order valence-electron chi connectivity index (χ1n) is 15.2. The van der Waals surface area contributed by atoms with Crippen LogP contribution < -0.4 is 0 Å². The van der Waals surface area contributed by atoms with E-state index < -0.39 is 26.9 Å². The SMILES string of the molecule is CC[Si](CC)(CC)O[C@H](/C=C/C(=O)OC)[C@H](Cl)C[C@@H](Cl)CCCCCCCCC(Cl)(Cl)CO[Si](C)(C)C(C)(C)C. The number of unbranched alkanes of at least 4 members (excludes halogenated alkanes) is 5. The summed E-state index contributed by atoms with van der Waals surface area (Å²) in [5.74, 6) is -0.404. The largest absolute Gasteiger partial charge is 0.466 e. The second-order valence-corrected chi connectivity index (χ2v) is 25.0. The van der Waals surface area contributed by atoms with E-state index in [-0.39, 0.29) is 21.9 Å². The molecule has 0 amide bonds. The number of carbonyl (C=O) groups excluding carboxylic acids is 1. The van der Waals surface area contributed by atoms with Gasteiger partial charge in [-0.15, -0.1) is 23.2 Å². The summed E-state index contributed by atoms with van der Waals surface area (Å²) in [6.45, 7) is 18.0. The van der Waals surface area contributed by atoms with Crippen LogP contribution in [0.5, 0.6) is 0 Å². The first kappa shape index (κ1) is 40.7. The zero-order valence-corrected chi connectivity index (χ0v) is 31.7. The lowest BCUT2D eigenvalue weighted by molar-refractivity contribution is -0.134. The maximum atomic E-state index is 11.7. The van der Waals surface area contributed by atoms with Gasteiger partial charge in [-0.3, -0.25) is 0 Å². The fraction of sp³-hybridized carbons (Fsp3) is 0.900. The molecular formula is C30H58Cl4O4Si2. The van der Waals surface area contributed by atoms with Crippen LogP contribution in [0.2, 0.25) is 36.3 Å². The van der Waals surface area contributed by atoms with Gasteiger partial charge in [0.15, 0.2) is 16.6 Å². The van der Waals surface area contributed by atoms with Crippen molar-refractivity contribution in [3.63, 3.8) is 0 Å². The first-order chi connectivity index (χ1) is 18.5. The van der Waals surface area contributed by atoms with Gasteiger partial charge in [-0.25, -0.2) is 4.79 Å². The van der Waals surface area contributed by atoms with Gasteiger partial charge in [-0.2, -0.15) is 0 Å². The van der Waals surface area contributed by atoms with Gasteiger partial charge >= 0.3 is 5.97 Å². The Morgan fingerprint density at radius 2 is 1.43 bits per heavy atom. The van der Waals surface area contributed by atoms with E-state index >= 15 is 0 Å². The third kappa shape index (κ3) is 16.5. The van der Waals surface area contributed by atoms with Crippen LogP contribution in [0.25, 0.3) is 0 Å². The average Bonchev–Trinajstić information content (AvgIpc) is 2.88. The third-order valence-corrected chi connectivity index (χ3v) is 19.1. The number of esters is 1. The first-order valence-corrected chi connectivity index (χ1v) is 22.3. The van der Waals surface area contributed by atoms with Gasteiger partial charge in [0.1, 0.15) is 4.33 Å². The Bertz CT molecular complexity index is 717. The average molecular weight is 681 g/mol. The van der Waals surface area contributed by atoms with Gasteiger partial charge in [0.2, 0.25) is 0 Å². The topological polar surface area (TPSA) is 44.8 Å². The molecule has 0 aromatic heterocycles. The molecule has 4 nitrogen and oxygen atoms in total. The smallest absolute Gasteiger partial charge is 0.330 e. The zero-order valence-electron chi connectivity index (χ0n) is 26.7. The Kier molecular flexibility index (Phi) is 20.3. The fourth-order valence-corrected chi connectivity index (χ4v) is 9.59. The van der Waals surface area contributed by atoms with Gasteiger partial charge in [0.05, 0.1) is 25.2 Å². The van der Waals surface area contributed by atoms with E-state index in [0.717, 1.165) is 69.5 Å². The van der Waals surface area contributed by atoms with Gasteiger partial charge in [0.25, 0.3) is 0 Å². The second-order valence-electron chi connectivity index (χ2n) is 12.6. The van der Waals surface area contributed by atoms with Crippen LogP contribution in [-0.4, -0.2) is 57.5 Å². The van der Waals surface area contributed by atoms with Crippen LogP contribution in [0.1, 0.15) is 99.3 Å². The van der Waals surface area contributed by atoms with Crippen molar-refractivity contribution in [1.29, 1.82) is 0 Å². The van der Waals surface area contributed by atoms with E-state index in [4.69, 9.17) is 60.0 Å². The molecule has 10 heteroatoms. The number of alkyl halides is 4. The van der Waals surface area contributed by atoms with Crippen LogP contribution in [-0.2, 0) is 18.4 Å². The zero-order chi connectivity index (χ0) is 31.0. The fourth-order valence-electron chi connectivity index (χ4n) is 4.29. The summed E-state index contributed by atoms with van der Waals surface area (Å²) in [6.07, 6.45) is 11.7. The normalized spacial score (nSPS) is 15.8. The van der Waals surface area contributed by atoms with Crippen LogP contribution in [0.4, 0.5) is 0 Å². The number of carbonyl (C=O) groups is 1. The van der Waals surface area contributed by atoms with Crippen molar-refractivity contribution in [2.75, 3.05) is 13.7 Å². The molecule has 0 rings (SSSR count). The summed E-state index contributed by atoms with van der Waals surface area (Å²) in [6, 6.07) is 3.04. The highest BCUT2D eigenvalue weighted by Crippen LogP contribution is 2.39. The molecule has 0 aliphatic carbocycles. The lowest BCUT2D eigenvalue weighted by Gasteiger charge is -2.37. The van der Waals surface area contributed by atoms with Crippen molar-refractivity contribution in [3.05, 3.63) is 12.2 Å². The molecule has 0 saturated carbocycles. The number of halogens is 4. The van der Waals surface area contributed by atoms with Gasteiger partial charge < -0.3 is 13.6 Å². The molecule has 0 bridgehead atoms. The lowest BCUT2D eigenvalue weighted by atomic mass is 10.0. The molecular weight excluding hydrogens is 622 g/mol. The van der Waals surface area contributed by atoms with Crippen molar-refractivity contribution in [1.82, 2.24) is 0 Å². The van der Waals surface area contributed by atoms with Crippen molar-refractivity contribution in [3.8, 4) is 0 Å². The van der Waals surface area contributed by atoms with Gasteiger partial charge in [0, 0.05) is 11.5 Å². The molecule has 3 atom stereocenters. The van der Waals surface area contributed by atoms with Crippen molar-refractivity contribution in [2.24, 2.45) is 0 Å². The minimum Gasteiger partial charge on any atom is -0.466 e. The van der Waals surface area contributed by atoms with E-state index in [2.05, 4.69) is 54.6 Å². The molecule has 0 aromatic rings. The number of rotatable bonds is 22. The van der Waals surface area contributed by atoms with E-state index in [1.54, 1.807) is 6.08 Å². The minimum atomic E-state index is -1.91. The molecule has 0 saturated heterocycles. The summed E-state index contributed by atoms with van der Waals surface area (Å²) < 4.78 is 16.8. The Morgan fingerprint density at radius 3 is 1.93 bits per heavy atom. The monoisotopic (exact) mass is 678 g/mol. The Labute approximate surface area is 268 Å². The summed E-state index contributed by atoms with van der Waals surface area (Å²) in [4.78, 5) is 11.7. The predicted octanol–water partition coefficient (Wildman–Crippen LogP) is 11.0. The Hall–Kier alpha value is 0.724. The van der Waals surface area contributed by atoms with E-state index in [1.165, 1.54) is 13.2 Å². The highest BCUT2D eigenvalue weighted by atomic mass is 35.5. The molecule has 0 heterocycles. The van der Waals surface area contributed by atoms with Crippen LogP contribution >= 0.6 is 46.4 Å². The standard InChI is InChI=1S/C30H58Cl4O4Si2/c1-10-40(11-2,12-3)38-27(20-21-28(35)36-7)26(32)23-25(31)19-17-15-13-14-16-18-22-30(33,34)24-37-39(8,9)29(4,5)6/h20-21,25-27H,10-19,22-24H2,1-9H3/b21-20+/t25-,26+,27+/m0/s1. The van der Waals surface area contributed by atoms with Crippen LogP contribution in [0.15, 0.2) is 12.2 Å². The number of methoxy groups -OCH3 is 1. The molecule has 40 heavy (non-hydrogen) atoms. The molecule has 0 unspecified atom stereocenters. The second kappa shape index (κ2) is 19.9. The predicted molar refractivity (Wildman–Crippen MR) is 182 cm³/mol. The third-order valence-electron chi connectivity index (χ3n) is 8.54. The summed E-state index contributed by atoms with van der Waals surface area (Å²) in [5, 5.41) is -0.185. The lowest BCUT2D eigenvalue weighted by Crippen LogP contribution is -2.43. The van der Waals surface area contributed by atoms with Crippen LogP contribution in [0, 0.1) is 0 Å². The number of ether oxygens (including phenoxy) is 1. The molecule has 0 N–H and O–H groups in total. The quantitative estimate of drug-likeness (QED) is 0.0375. The van der Waals surface area contributed by atoms with Crippen molar-refractivity contribution < 1.29 is 18.4 Å². The minimum absolute atomic E-state index is 0.0323. The molecule has 0 aliphatic rings. The molecule has 0 radical (unpaired) electrons. The number of hydrogen-bond donors (Lipinski definition) is 0. The maximum absolute atomic E-state index is 11.7. The molecule has 0 aromatic carbocycles. The molecule has 238 valence electrons. The van der Waals surface area contributed by atoms with E-state index in [9.17, 15) is 4.79 Å². The van der Waals surface area contributed by atoms with Crippen LogP contribution in [0.3, 0.4) is 0 Å². The van der Waals surface area contributed by atoms with Crippen molar-refractivity contribution in [2.45, 2.75) is 157 Å². The summed E-state index contributed by atoms with van der Waals surface area (Å²) >= 11 is 26.7. The number of hydrogen-bond acceptors (Lipinski definition) is 4. The molecule has 0 fully saturated rings. The Morgan fingerprint density at radius 1 is 0.900 bits per heavy atom. The maximum Gasteiger partial charge on any atom is 0.330 e. The highest BCUT2D eigenvalue weighted by Gasteiger charge is 2.39. The molecule has 0 spiro atoms. The molecule has 0 aliphatic heterocycles. The summed E-state index contributed by atoms with van der Waals surface area (Å²) in [5.41, 5.74) is 0. The van der Waals surface area contributed by atoms with Crippen molar-refractivity contribution >= 4 is 69.0 Å². The van der Waals surface area contributed by atoms with Gasteiger partial charge in [-0.05, 0) is 61.6 Å². The Balaban J connectivity index is 4.46. The summed E-state index contributed by atoms with van der Waals surface area (Å²) in [7, 11) is -2.39. The van der Waals surface area contributed by atoms with E-state index in [0.29, 0.717) is 13.0 Å².